The maximum atomic E-state index is 9.57. The third-order valence-electron chi connectivity index (χ3n) is 3.45. The van der Waals surface area contributed by atoms with Crippen LogP contribution in [0.25, 0.3) is 0 Å². The molecule has 0 aromatic carbocycles. The number of hydrogen-bond acceptors (Lipinski definition) is 3. The summed E-state index contributed by atoms with van der Waals surface area (Å²) in [5, 5.41) is 14.6. The second-order valence-corrected chi connectivity index (χ2v) is 7.82. The molecule has 1 aliphatic carbocycles. The summed E-state index contributed by atoms with van der Waals surface area (Å²) in [6, 6.07) is 0.427. The third-order valence-corrected chi connectivity index (χ3v) is 4.94. The maximum absolute atomic E-state index is 9.57. The van der Waals surface area contributed by atoms with Gasteiger partial charge in [0, 0.05) is 22.1 Å². The Morgan fingerprint density at radius 2 is 1.88 bits per heavy atom. The van der Waals surface area contributed by atoms with Gasteiger partial charge < -0.3 is 10.4 Å². The van der Waals surface area contributed by atoms with Gasteiger partial charge in [-0.1, -0.05) is 33.6 Å². The highest BCUT2D eigenvalue weighted by Crippen LogP contribution is 2.34. The molecule has 0 radical (unpaired) electrons. The molecule has 2 nitrogen and oxygen atoms in total. The van der Waals surface area contributed by atoms with E-state index in [-0.39, 0.29) is 12.1 Å². The van der Waals surface area contributed by atoms with Crippen LogP contribution >= 0.6 is 11.8 Å². The lowest BCUT2D eigenvalue weighted by atomic mass is 9.96. The Labute approximate surface area is 111 Å². The van der Waals surface area contributed by atoms with Crippen LogP contribution in [0.4, 0.5) is 0 Å². The minimum atomic E-state index is -0.126. The molecular weight excluding hydrogens is 230 g/mol. The summed E-state index contributed by atoms with van der Waals surface area (Å²) in [4.78, 5) is 0. The van der Waals surface area contributed by atoms with Crippen LogP contribution in [0.1, 0.15) is 59.8 Å². The van der Waals surface area contributed by atoms with Crippen molar-refractivity contribution in [2.45, 2.75) is 81.9 Å². The average molecular weight is 259 g/mol. The second kappa shape index (κ2) is 7.01. The molecule has 0 aromatic heterocycles. The van der Waals surface area contributed by atoms with Gasteiger partial charge in [0.2, 0.25) is 0 Å². The predicted octanol–water partition coefficient (Wildman–Crippen LogP) is 3.19. The van der Waals surface area contributed by atoms with Crippen molar-refractivity contribution in [3.63, 3.8) is 0 Å². The number of rotatable bonds is 7. The zero-order valence-electron chi connectivity index (χ0n) is 11.8. The zero-order chi connectivity index (χ0) is 12.9. The molecule has 0 amide bonds. The maximum Gasteiger partial charge on any atom is 0.0611 e. The van der Waals surface area contributed by atoms with Crippen molar-refractivity contribution in [3.05, 3.63) is 0 Å². The molecule has 0 aromatic rings. The third kappa shape index (κ3) is 5.62. The highest BCUT2D eigenvalue weighted by atomic mass is 32.2. The molecule has 102 valence electrons. The first-order valence-electron chi connectivity index (χ1n) is 6.99. The Morgan fingerprint density at radius 1 is 1.29 bits per heavy atom. The van der Waals surface area contributed by atoms with Gasteiger partial charge in [0.1, 0.15) is 0 Å². The van der Waals surface area contributed by atoms with Gasteiger partial charge in [0.05, 0.1) is 6.61 Å². The van der Waals surface area contributed by atoms with Crippen LogP contribution in [-0.4, -0.2) is 33.8 Å². The topological polar surface area (TPSA) is 32.3 Å². The summed E-state index contributed by atoms with van der Waals surface area (Å²) in [6.07, 6.45) is 6.64. The smallest absolute Gasteiger partial charge is 0.0611 e. The first-order chi connectivity index (χ1) is 7.95. The van der Waals surface area contributed by atoms with Crippen LogP contribution in [-0.2, 0) is 0 Å². The molecular formula is C14H29NOS. The van der Waals surface area contributed by atoms with E-state index in [1.807, 2.05) is 0 Å². The van der Waals surface area contributed by atoms with E-state index in [9.17, 15) is 5.11 Å². The molecule has 2 N–H and O–H groups in total. The highest BCUT2D eigenvalue weighted by molar-refractivity contribution is 8.00. The summed E-state index contributed by atoms with van der Waals surface area (Å²) in [5.74, 6) is 0. The molecule has 1 fully saturated rings. The van der Waals surface area contributed by atoms with Gasteiger partial charge in [0.25, 0.3) is 0 Å². The number of aliphatic hydroxyl groups excluding tert-OH is 1. The quantitative estimate of drug-likeness (QED) is 0.736. The van der Waals surface area contributed by atoms with Gasteiger partial charge in [-0.3, -0.25) is 0 Å². The molecule has 0 bridgehead atoms. The molecule has 1 saturated carbocycles. The highest BCUT2D eigenvalue weighted by Gasteiger charge is 2.28. The Kier molecular flexibility index (Phi) is 6.32. The molecule has 2 atom stereocenters. The molecule has 17 heavy (non-hydrogen) atoms. The van der Waals surface area contributed by atoms with Crippen molar-refractivity contribution in [3.8, 4) is 0 Å². The average Bonchev–Trinajstić information content (AvgIpc) is 2.68. The van der Waals surface area contributed by atoms with E-state index in [2.05, 4.69) is 44.8 Å². The van der Waals surface area contributed by atoms with Gasteiger partial charge in [-0.2, -0.15) is 11.8 Å². The molecule has 1 aliphatic rings. The normalized spacial score (nSPS) is 22.9. The van der Waals surface area contributed by atoms with Gasteiger partial charge in [-0.15, -0.1) is 0 Å². The van der Waals surface area contributed by atoms with Crippen LogP contribution in [0.3, 0.4) is 0 Å². The standard InChI is InChI=1S/C14H29NOS/c1-11(2)15-14(4,10-16)9-12(3)17-13-7-5-6-8-13/h11-13,15-16H,5-10H2,1-4H3. The molecule has 0 spiro atoms. The van der Waals surface area contributed by atoms with E-state index in [4.69, 9.17) is 0 Å². The van der Waals surface area contributed by atoms with Gasteiger partial charge >= 0.3 is 0 Å². The summed E-state index contributed by atoms with van der Waals surface area (Å²) in [5.41, 5.74) is -0.126. The van der Waals surface area contributed by atoms with Crippen LogP contribution in [0.15, 0.2) is 0 Å². The Bertz CT molecular complexity index is 216. The number of nitrogens with one attached hydrogen (secondary N) is 1. The fourth-order valence-corrected chi connectivity index (χ4v) is 4.63. The van der Waals surface area contributed by atoms with Crippen molar-refractivity contribution < 1.29 is 5.11 Å². The minimum absolute atomic E-state index is 0.126. The summed E-state index contributed by atoms with van der Waals surface area (Å²) < 4.78 is 0. The zero-order valence-corrected chi connectivity index (χ0v) is 12.6. The van der Waals surface area contributed by atoms with Crippen LogP contribution < -0.4 is 5.32 Å². The first kappa shape index (κ1) is 15.3. The Balaban J connectivity index is 2.37. The van der Waals surface area contributed by atoms with Crippen molar-refractivity contribution in [2.24, 2.45) is 0 Å². The van der Waals surface area contributed by atoms with Crippen molar-refractivity contribution in [1.82, 2.24) is 5.32 Å². The van der Waals surface area contributed by atoms with Crippen molar-refractivity contribution in [1.29, 1.82) is 0 Å². The minimum Gasteiger partial charge on any atom is -0.394 e. The van der Waals surface area contributed by atoms with Crippen molar-refractivity contribution >= 4 is 11.8 Å². The largest absolute Gasteiger partial charge is 0.394 e. The summed E-state index contributed by atoms with van der Waals surface area (Å²) in [6.45, 7) is 8.95. The lowest BCUT2D eigenvalue weighted by Gasteiger charge is -2.34. The molecule has 3 heteroatoms. The van der Waals surface area contributed by atoms with Crippen LogP contribution in [0.2, 0.25) is 0 Å². The van der Waals surface area contributed by atoms with E-state index >= 15 is 0 Å². The van der Waals surface area contributed by atoms with Gasteiger partial charge in [0.15, 0.2) is 0 Å². The first-order valence-corrected chi connectivity index (χ1v) is 7.93. The lowest BCUT2D eigenvalue weighted by Crippen LogP contribution is -2.50. The van der Waals surface area contributed by atoms with Crippen LogP contribution in [0, 0.1) is 0 Å². The number of thioether (sulfide) groups is 1. The number of aliphatic hydroxyl groups is 1. The Hall–Kier alpha value is 0.270. The monoisotopic (exact) mass is 259 g/mol. The molecule has 0 saturated heterocycles. The van der Waals surface area contributed by atoms with E-state index in [1.54, 1.807) is 0 Å². The van der Waals surface area contributed by atoms with E-state index in [1.165, 1.54) is 25.7 Å². The second-order valence-electron chi connectivity index (χ2n) is 6.08. The summed E-state index contributed by atoms with van der Waals surface area (Å²) in [7, 11) is 0. The predicted molar refractivity (Wildman–Crippen MR) is 77.7 cm³/mol. The SMILES string of the molecule is CC(C)NC(C)(CO)CC(C)SC1CCCC1. The molecule has 2 unspecified atom stereocenters. The molecule has 0 heterocycles. The van der Waals surface area contributed by atoms with Crippen LogP contribution in [0.5, 0.6) is 0 Å². The molecule has 1 rings (SSSR count). The Morgan fingerprint density at radius 3 is 2.35 bits per heavy atom. The van der Waals surface area contributed by atoms with Crippen molar-refractivity contribution in [2.75, 3.05) is 6.61 Å². The lowest BCUT2D eigenvalue weighted by molar-refractivity contribution is 0.157. The van der Waals surface area contributed by atoms with E-state index in [0.717, 1.165) is 11.7 Å². The van der Waals surface area contributed by atoms with E-state index in [0.29, 0.717) is 11.3 Å². The molecule has 0 aliphatic heterocycles. The fourth-order valence-electron chi connectivity index (χ4n) is 2.90. The van der Waals surface area contributed by atoms with Gasteiger partial charge in [-0.05, 0) is 26.2 Å². The summed E-state index contributed by atoms with van der Waals surface area (Å²) >= 11 is 2.13. The van der Waals surface area contributed by atoms with Gasteiger partial charge in [-0.25, -0.2) is 0 Å². The van der Waals surface area contributed by atoms with E-state index < -0.39 is 0 Å². The fraction of sp³-hybridized carbons (Fsp3) is 1.00. The number of hydrogen-bond donors (Lipinski definition) is 2.